The van der Waals surface area contributed by atoms with Crippen molar-refractivity contribution in [1.82, 2.24) is 0 Å². The highest BCUT2D eigenvalue weighted by Crippen LogP contribution is 2.32. The van der Waals surface area contributed by atoms with Gasteiger partial charge in [-0.05, 0) is 36.4 Å². The zero-order valence-electron chi connectivity index (χ0n) is 8.68. The SMILES string of the molecule is O[B]Oc1ccc2oc3ccc(Cl)cc3c2c1. The first kappa shape index (κ1) is 10.5. The van der Waals surface area contributed by atoms with E-state index in [0.29, 0.717) is 18.5 Å². The molecule has 0 aliphatic carbocycles. The summed E-state index contributed by atoms with van der Waals surface area (Å²) in [7, 11) is 0.649. The predicted molar refractivity (Wildman–Crippen MR) is 67.3 cm³/mol. The van der Waals surface area contributed by atoms with E-state index in [4.69, 9.17) is 25.7 Å². The minimum atomic E-state index is 0.544. The molecule has 1 heterocycles. The molecular formula is C12H7BClO3. The predicted octanol–water partition coefficient (Wildman–Crippen LogP) is 3.14. The Balaban J connectivity index is 2.31. The van der Waals surface area contributed by atoms with E-state index in [1.165, 1.54) is 0 Å². The summed E-state index contributed by atoms with van der Waals surface area (Å²) < 4.78 is 10.6. The topological polar surface area (TPSA) is 42.6 Å². The molecule has 5 heteroatoms. The van der Waals surface area contributed by atoms with Crippen molar-refractivity contribution in [2.45, 2.75) is 0 Å². The smallest absolute Gasteiger partial charge is 0.537 e. The summed E-state index contributed by atoms with van der Waals surface area (Å²) >= 11 is 5.96. The van der Waals surface area contributed by atoms with E-state index in [2.05, 4.69) is 0 Å². The van der Waals surface area contributed by atoms with Crippen molar-refractivity contribution in [1.29, 1.82) is 0 Å². The quantitative estimate of drug-likeness (QED) is 0.705. The Morgan fingerprint density at radius 1 is 1.06 bits per heavy atom. The van der Waals surface area contributed by atoms with Gasteiger partial charge < -0.3 is 14.1 Å². The lowest BCUT2D eigenvalue weighted by Gasteiger charge is -1.99. The van der Waals surface area contributed by atoms with Crippen LogP contribution in [0.25, 0.3) is 21.9 Å². The fourth-order valence-electron chi connectivity index (χ4n) is 1.86. The van der Waals surface area contributed by atoms with Crippen LogP contribution in [0.15, 0.2) is 40.8 Å². The van der Waals surface area contributed by atoms with Crippen LogP contribution >= 0.6 is 11.6 Å². The number of furan rings is 1. The largest absolute Gasteiger partial charge is 0.569 e. The van der Waals surface area contributed by atoms with Crippen LogP contribution in [0, 0.1) is 0 Å². The summed E-state index contributed by atoms with van der Waals surface area (Å²) in [5.41, 5.74) is 1.53. The average Bonchev–Trinajstić information content (AvgIpc) is 2.67. The molecule has 17 heavy (non-hydrogen) atoms. The number of hydrogen-bond donors (Lipinski definition) is 1. The van der Waals surface area contributed by atoms with Gasteiger partial charge in [-0.25, -0.2) is 0 Å². The summed E-state index contributed by atoms with van der Waals surface area (Å²) in [6.07, 6.45) is 0. The molecule has 0 bridgehead atoms. The zero-order valence-corrected chi connectivity index (χ0v) is 9.44. The van der Waals surface area contributed by atoms with Crippen molar-refractivity contribution in [3.63, 3.8) is 0 Å². The maximum absolute atomic E-state index is 8.61. The van der Waals surface area contributed by atoms with Crippen molar-refractivity contribution >= 4 is 41.2 Å². The number of rotatable bonds is 2. The molecule has 3 aromatic rings. The van der Waals surface area contributed by atoms with E-state index in [1.807, 2.05) is 12.1 Å². The van der Waals surface area contributed by atoms with Gasteiger partial charge in [0.1, 0.15) is 16.9 Å². The second-order valence-corrected chi connectivity index (χ2v) is 4.06. The van der Waals surface area contributed by atoms with Crippen LogP contribution in [-0.4, -0.2) is 12.7 Å². The minimum Gasteiger partial charge on any atom is -0.537 e. The van der Waals surface area contributed by atoms with Crippen molar-refractivity contribution in [2.75, 3.05) is 0 Å². The Morgan fingerprint density at radius 2 is 1.76 bits per heavy atom. The number of fused-ring (bicyclic) bond motifs is 3. The van der Waals surface area contributed by atoms with Gasteiger partial charge in [-0.2, -0.15) is 0 Å². The average molecular weight is 245 g/mol. The molecule has 0 spiro atoms. The molecule has 0 aliphatic rings. The molecule has 3 nitrogen and oxygen atoms in total. The standard InChI is InChI=1S/C12H7BClO3/c14-7-1-3-11-9(5-7)10-6-8(17-13-15)2-4-12(10)16-11/h1-6,15H. The second-order valence-electron chi connectivity index (χ2n) is 3.62. The van der Waals surface area contributed by atoms with Crippen LogP contribution in [0.3, 0.4) is 0 Å². The summed E-state index contributed by atoms with van der Waals surface area (Å²) in [6.45, 7) is 0. The highest BCUT2D eigenvalue weighted by atomic mass is 35.5. The summed E-state index contributed by atoms with van der Waals surface area (Å²) in [4.78, 5) is 0. The van der Waals surface area contributed by atoms with Crippen LogP contribution < -0.4 is 4.65 Å². The molecule has 0 saturated heterocycles. The molecule has 83 valence electrons. The highest BCUT2D eigenvalue weighted by Gasteiger charge is 2.08. The molecule has 0 aliphatic heterocycles. The molecule has 0 saturated carbocycles. The highest BCUT2D eigenvalue weighted by molar-refractivity contribution is 6.31. The zero-order chi connectivity index (χ0) is 11.8. The van der Waals surface area contributed by atoms with Crippen LogP contribution in [0.5, 0.6) is 5.75 Å². The van der Waals surface area contributed by atoms with Gasteiger partial charge in [0.2, 0.25) is 0 Å². The van der Waals surface area contributed by atoms with Gasteiger partial charge >= 0.3 is 7.69 Å². The number of halogens is 1. The molecule has 0 fully saturated rings. The van der Waals surface area contributed by atoms with E-state index in [1.54, 1.807) is 24.3 Å². The summed E-state index contributed by atoms with van der Waals surface area (Å²) in [5.74, 6) is 0.544. The van der Waals surface area contributed by atoms with Crippen molar-refractivity contribution in [3.8, 4) is 5.75 Å². The Labute approximate surface area is 103 Å². The number of hydrogen-bond acceptors (Lipinski definition) is 3. The lowest BCUT2D eigenvalue weighted by Crippen LogP contribution is -1.98. The molecule has 1 radical (unpaired) electrons. The van der Waals surface area contributed by atoms with Gasteiger partial charge in [0, 0.05) is 15.8 Å². The molecule has 0 amide bonds. The normalized spacial score (nSPS) is 10.9. The molecule has 2 aromatic carbocycles. The van der Waals surface area contributed by atoms with E-state index >= 15 is 0 Å². The van der Waals surface area contributed by atoms with Gasteiger partial charge in [-0.1, -0.05) is 11.6 Å². The molecular weight excluding hydrogens is 238 g/mol. The summed E-state index contributed by atoms with van der Waals surface area (Å²) in [6, 6.07) is 10.8. The van der Waals surface area contributed by atoms with Crippen molar-refractivity contribution in [3.05, 3.63) is 41.4 Å². The first-order valence-corrected chi connectivity index (χ1v) is 5.40. The van der Waals surface area contributed by atoms with E-state index in [9.17, 15) is 0 Å². The number of benzene rings is 2. The van der Waals surface area contributed by atoms with E-state index in [0.717, 1.165) is 21.9 Å². The van der Waals surface area contributed by atoms with Crippen LogP contribution in [0.2, 0.25) is 5.02 Å². The summed E-state index contributed by atoms with van der Waals surface area (Å²) in [5, 5.41) is 11.1. The van der Waals surface area contributed by atoms with E-state index in [-0.39, 0.29) is 0 Å². The van der Waals surface area contributed by atoms with Gasteiger partial charge in [0.25, 0.3) is 0 Å². The molecule has 0 atom stereocenters. The first-order valence-electron chi connectivity index (χ1n) is 5.02. The lowest BCUT2D eigenvalue weighted by atomic mass is 10.1. The lowest BCUT2D eigenvalue weighted by molar-refractivity contribution is 0.454. The van der Waals surface area contributed by atoms with Gasteiger partial charge in [-0.15, -0.1) is 0 Å². The van der Waals surface area contributed by atoms with Crippen LogP contribution in [-0.2, 0) is 0 Å². The third-order valence-corrected chi connectivity index (χ3v) is 2.83. The van der Waals surface area contributed by atoms with Gasteiger partial charge in [0.05, 0.1) is 0 Å². The Morgan fingerprint density at radius 3 is 2.53 bits per heavy atom. The maximum Gasteiger partial charge on any atom is 0.569 e. The van der Waals surface area contributed by atoms with Gasteiger partial charge in [0.15, 0.2) is 0 Å². The maximum atomic E-state index is 8.61. The minimum absolute atomic E-state index is 0.544. The molecule has 1 aromatic heterocycles. The first-order chi connectivity index (χ1) is 8.28. The van der Waals surface area contributed by atoms with Crippen molar-refractivity contribution in [2.24, 2.45) is 0 Å². The van der Waals surface area contributed by atoms with Crippen molar-refractivity contribution < 1.29 is 14.1 Å². The fourth-order valence-corrected chi connectivity index (χ4v) is 2.03. The Bertz CT molecular complexity index is 693. The Kier molecular flexibility index (Phi) is 2.46. The molecule has 1 N–H and O–H groups in total. The third kappa shape index (κ3) is 1.75. The Hall–Kier alpha value is -1.65. The van der Waals surface area contributed by atoms with Gasteiger partial charge in [-0.3, -0.25) is 0 Å². The monoisotopic (exact) mass is 245 g/mol. The third-order valence-electron chi connectivity index (χ3n) is 2.59. The molecule has 0 unspecified atom stereocenters. The molecule has 3 rings (SSSR count). The van der Waals surface area contributed by atoms with Crippen LogP contribution in [0.1, 0.15) is 0 Å². The fraction of sp³-hybridized carbons (Fsp3) is 0. The second kappa shape index (κ2) is 3.98. The van der Waals surface area contributed by atoms with E-state index < -0.39 is 0 Å². The van der Waals surface area contributed by atoms with Crippen LogP contribution in [0.4, 0.5) is 0 Å².